The molecule has 0 fully saturated rings. The summed E-state index contributed by atoms with van der Waals surface area (Å²) in [6.07, 6.45) is 1.76. The minimum Gasteiger partial charge on any atom is -0.495 e. The van der Waals surface area contributed by atoms with E-state index in [2.05, 4.69) is 5.32 Å². The van der Waals surface area contributed by atoms with Gasteiger partial charge < -0.3 is 14.8 Å². The lowest BCUT2D eigenvalue weighted by Crippen LogP contribution is -2.29. The number of nitrogens with one attached hydrogen (secondary N) is 1. The van der Waals surface area contributed by atoms with Crippen LogP contribution in [0.4, 0.5) is 5.69 Å². The van der Waals surface area contributed by atoms with Crippen LogP contribution in [-0.4, -0.2) is 25.1 Å². The average Bonchev–Trinajstić information content (AvgIpc) is 2.63. The highest BCUT2D eigenvalue weighted by molar-refractivity contribution is 6.42. The van der Waals surface area contributed by atoms with E-state index in [1.807, 2.05) is 0 Å². The number of carbonyl (C=O) groups is 2. The van der Waals surface area contributed by atoms with Crippen molar-refractivity contribution in [3.63, 3.8) is 0 Å². The van der Waals surface area contributed by atoms with Crippen LogP contribution in [0.25, 0.3) is 6.08 Å². The Morgan fingerprint density at radius 3 is 2.54 bits per heavy atom. The van der Waals surface area contributed by atoms with Gasteiger partial charge in [-0.05, 0) is 42.8 Å². The highest BCUT2D eigenvalue weighted by Crippen LogP contribution is 2.24. The molecular formula is C19H17Cl2NO4. The van der Waals surface area contributed by atoms with E-state index in [1.54, 1.807) is 42.5 Å². The van der Waals surface area contributed by atoms with Crippen LogP contribution in [0.3, 0.4) is 0 Å². The molecule has 1 amide bonds. The van der Waals surface area contributed by atoms with Crippen LogP contribution in [0.5, 0.6) is 5.75 Å². The van der Waals surface area contributed by atoms with Crippen molar-refractivity contribution in [1.82, 2.24) is 0 Å². The number of methoxy groups -OCH3 is 1. The third-order valence-electron chi connectivity index (χ3n) is 3.38. The second-order valence-electron chi connectivity index (χ2n) is 5.28. The van der Waals surface area contributed by atoms with Crippen molar-refractivity contribution in [1.29, 1.82) is 0 Å². The molecule has 1 atom stereocenters. The summed E-state index contributed by atoms with van der Waals surface area (Å²) in [5.41, 5.74) is 1.18. The van der Waals surface area contributed by atoms with Crippen LogP contribution in [0.1, 0.15) is 12.5 Å². The summed E-state index contributed by atoms with van der Waals surface area (Å²) in [6.45, 7) is 1.48. The molecule has 0 saturated carbocycles. The Balaban J connectivity index is 1.94. The van der Waals surface area contributed by atoms with Gasteiger partial charge in [-0.2, -0.15) is 0 Å². The van der Waals surface area contributed by atoms with Gasteiger partial charge in [-0.1, -0.05) is 41.4 Å². The number of halogens is 2. The molecule has 0 aliphatic rings. The SMILES string of the molecule is COc1ccccc1NC(=O)C(C)OC(=O)/C=C/c1ccc(Cl)c(Cl)c1. The number of rotatable bonds is 6. The number of ether oxygens (including phenoxy) is 2. The molecule has 1 unspecified atom stereocenters. The molecule has 7 heteroatoms. The van der Waals surface area contributed by atoms with Crippen LogP contribution < -0.4 is 10.1 Å². The molecule has 0 aliphatic heterocycles. The van der Waals surface area contributed by atoms with E-state index >= 15 is 0 Å². The summed E-state index contributed by atoms with van der Waals surface area (Å²) >= 11 is 11.7. The maximum Gasteiger partial charge on any atom is 0.331 e. The zero-order valence-corrected chi connectivity index (χ0v) is 15.7. The molecule has 26 heavy (non-hydrogen) atoms. The number of carbonyl (C=O) groups excluding carboxylic acids is 2. The molecule has 0 heterocycles. The molecule has 136 valence electrons. The third-order valence-corrected chi connectivity index (χ3v) is 4.12. The Labute approximate surface area is 161 Å². The van der Waals surface area contributed by atoms with Crippen LogP contribution >= 0.6 is 23.2 Å². The highest BCUT2D eigenvalue weighted by atomic mass is 35.5. The van der Waals surface area contributed by atoms with Gasteiger partial charge in [0.15, 0.2) is 6.10 Å². The van der Waals surface area contributed by atoms with E-state index in [4.69, 9.17) is 32.7 Å². The minimum atomic E-state index is -0.981. The largest absolute Gasteiger partial charge is 0.495 e. The molecular weight excluding hydrogens is 377 g/mol. The summed E-state index contributed by atoms with van der Waals surface area (Å²) in [4.78, 5) is 24.1. The number of hydrogen-bond acceptors (Lipinski definition) is 4. The van der Waals surface area contributed by atoms with Crippen molar-refractivity contribution in [3.05, 3.63) is 64.1 Å². The van der Waals surface area contributed by atoms with Crippen LogP contribution in [0.2, 0.25) is 10.0 Å². The Morgan fingerprint density at radius 2 is 1.85 bits per heavy atom. The maximum absolute atomic E-state index is 12.2. The van der Waals surface area contributed by atoms with Gasteiger partial charge in [0.25, 0.3) is 5.91 Å². The number of benzene rings is 2. The number of amides is 1. The lowest BCUT2D eigenvalue weighted by atomic mass is 10.2. The van der Waals surface area contributed by atoms with Gasteiger partial charge in [0.2, 0.25) is 0 Å². The fraction of sp³-hybridized carbons (Fsp3) is 0.158. The number of hydrogen-bond donors (Lipinski definition) is 1. The first-order valence-corrected chi connectivity index (χ1v) is 8.44. The highest BCUT2D eigenvalue weighted by Gasteiger charge is 2.18. The topological polar surface area (TPSA) is 64.6 Å². The Hall–Kier alpha value is -2.50. The molecule has 5 nitrogen and oxygen atoms in total. The molecule has 1 N–H and O–H groups in total. The van der Waals surface area contributed by atoms with Crippen molar-refractivity contribution in [2.24, 2.45) is 0 Å². The van der Waals surface area contributed by atoms with Crippen molar-refractivity contribution < 1.29 is 19.1 Å². The van der Waals surface area contributed by atoms with Gasteiger partial charge in [-0.25, -0.2) is 4.79 Å². The standard InChI is InChI=1S/C19H17Cl2NO4/c1-12(19(24)22-16-5-3-4-6-17(16)25-2)26-18(23)10-8-13-7-9-14(20)15(21)11-13/h3-12H,1-2H3,(H,22,24)/b10-8+. The van der Waals surface area contributed by atoms with E-state index < -0.39 is 18.0 Å². The first-order chi connectivity index (χ1) is 12.4. The lowest BCUT2D eigenvalue weighted by Gasteiger charge is -2.14. The molecule has 0 spiro atoms. The van der Waals surface area contributed by atoms with Gasteiger partial charge >= 0.3 is 5.97 Å². The fourth-order valence-corrected chi connectivity index (χ4v) is 2.34. The average molecular weight is 394 g/mol. The molecule has 2 aromatic rings. The summed E-state index contributed by atoms with van der Waals surface area (Å²) in [5, 5.41) is 3.46. The Morgan fingerprint density at radius 1 is 1.12 bits per heavy atom. The minimum absolute atomic E-state index is 0.381. The maximum atomic E-state index is 12.2. The fourth-order valence-electron chi connectivity index (χ4n) is 2.03. The Bertz CT molecular complexity index is 836. The van der Waals surface area contributed by atoms with Crippen molar-refractivity contribution in [2.75, 3.05) is 12.4 Å². The van der Waals surface area contributed by atoms with Gasteiger partial charge in [-0.15, -0.1) is 0 Å². The summed E-state index contributed by atoms with van der Waals surface area (Å²) in [7, 11) is 1.50. The van der Waals surface area contributed by atoms with E-state index in [9.17, 15) is 9.59 Å². The predicted molar refractivity (Wildman–Crippen MR) is 103 cm³/mol. The quantitative estimate of drug-likeness (QED) is 0.575. The van der Waals surface area contributed by atoms with Crippen LogP contribution in [0.15, 0.2) is 48.5 Å². The summed E-state index contributed by atoms with van der Waals surface area (Å²) in [6, 6.07) is 11.9. The van der Waals surface area contributed by atoms with E-state index in [0.717, 1.165) is 0 Å². The molecule has 0 radical (unpaired) electrons. The van der Waals surface area contributed by atoms with Gasteiger partial charge in [-0.3, -0.25) is 4.79 Å². The lowest BCUT2D eigenvalue weighted by molar-refractivity contribution is -0.148. The normalized spacial score (nSPS) is 11.8. The first kappa shape index (κ1) is 19.8. The molecule has 0 aromatic heterocycles. The van der Waals surface area contributed by atoms with E-state index in [-0.39, 0.29) is 0 Å². The van der Waals surface area contributed by atoms with Crippen molar-refractivity contribution >= 4 is 46.8 Å². The van der Waals surface area contributed by atoms with E-state index in [1.165, 1.54) is 26.2 Å². The van der Waals surface area contributed by atoms with Crippen molar-refractivity contribution in [2.45, 2.75) is 13.0 Å². The smallest absolute Gasteiger partial charge is 0.331 e. The second kappa shape index (κ2) is 9.27. The monoisotopic (exact) mass is 393 g/mol. The molecule has 2 rings (SSSR count). The molecule has 0 bridgehead atoms. The number of esters is 1. The predicted octanol–water partition coefficient (Wildman–Crippen LogP) is 4.59. The number of anilines is 1. The zero-order chi connectivity index (χ0) is 19.1. The second-order valence-corrected chi connectivity index (χ2v) is 6.09. The van der Waals surface area contributed by atoms with Gasteiger partial charge in [0.05, 0.1) is 22.8 Å². The van der Waals surface area contributed by atoms with Gasteiger partial charge in [0, 0.05) is 6.08 Å². The van der Waals surface area contributed by atoms with E-state index in [0.29, 0.717) is 27.0 Å². The third kappa shape index (κ3) is 5.51. The summed E-state index contributed by atoms with van der Waals surface area (Å²) in [5.74, 6) is -0.608. The molecule has 0 aliphatic carbocycles. The van der Waals surface area contributed by atoms with Crippen LogP contribution in [-0.2, 0) is 14.3 Å². The zero-order valence-electron chi connectivity index (χ0n) is 14.2. The first-order valence-electron chi connectivity index (χ1n) is 7.68. The van der Waals surface area contributed by atoms with Gasteiger partial charge in [0.1, 0.15) is 5.75 Å². The summed E-state index contributed by atoms with van der Waals surface area (Å²) < 4.78 is 10.3. The molecule has 0 saturated heterocycles. The molecule has 2 aromatic carbocycles. The Kier molecular flexibility index (Phi) is 7.06. The van der Waals surface area contributed by atoms with Crippen LogP contribution in [0, 0.1) is 0 Å². The van der Waals surface area contributed by atoms with Crippen molar-refractivity contribution in [3.8, 4) is 5.75 Å². The number of para-hydroxylation sites is 2.